The molecule has 0 aromatic heterocycles. The summed E-state index contributed by atoms with van der Waals surface area (Å²) in [4.78, 5) is 2.09. The van der Waals surface area contributed by atoms with Gasteiger partial charge in [-0.1, -0.05) is 19.9 Å². The fraction of sp³-hybridized carbons (Fsp3) is 0.571. The summed E-state index contributed by atoms with van der Waals surface area (Å²) >= 11 is 0. The molecule has 0 saturated carbocycles. The van der Waals surface area contributed by atoms with E-state index in [0.29, 0.717) is 5.92 Å². The van der Waals surface area contributed by atoms with Crippen LogP contribution >= 0.6 is 0 Å². The number of hydrogen-bond donors (Lipinski definition) is 1. The first kappa shape index (κ1) is 16.9. The predicted molar refractivity (Wildman–Crippen MR) is 80.4 cm³/mol. The summed E-state index contributed by atoms with van der Waals surface area (Å²) in [6.07, 6.45) is 1.82. The lowest BCUT2D eigenvalue weighted by molar-refractivity contribution is -0.0429. The molecule has 2 rings (SSSR count). The summed E-state index contributed by atoms with van der Waals surface area (Å²) in [5.41, 5.74) is -3.54. The highest BCUT2D eigenvalue weighted by atomic mass is 32.2. The first-order valence-electron chi connectivity index (χ1n) is 7.07. The van der Waals surface area contributed by atoms with Crippen molar-refractivity contribution >= 4 is 21.4 Å². The number of alkyl halides is 3. The minimum atomic E-state index is -5.39. The quantitative estimate of drug-likeness (QED) is 0.917. The minimum Gasteiger partial charge on any atom is -0.371 e. The molecular weight excluding hydrogens is 317 g/mol. The summed E-state index contributed by atoms with van der Waals surface area (Å²) < 4.78 is 61.3. The third-order valence-electron chi connectivity index (χ3n) is 3.44. The Kier molecular flexibility index (Phi) is 4.60. The van der Waals surface area contributed by atoms with Crippen molar-refractivity contribution in [2.24, 2.45) is 5.92 Å². The van der Waals surface area contributed by atoms with Crippen LogP contribution in [0.15, 0.2) is 18.2 Å². The van der Waals surface area contributed by atoms with Gasteiger partial charge in [-0.3, -0.25) is 4.72 Å². The summed E-state index contributed by atoms with van der Waals surface area (Å²) in [5.74, 6) is 0.404. The molecule has 0 spiro atoms. The van der Waals surface area contributed by atoms with E-state index in [0.717, 1.165) is 37.2 Å². The largest absolute Gasteiger partial charge is 0.516 e. The van der Waals surface area contributed by atoms with Crippen molar-refractivity contribution in [3.8, 4) is 0 Å². The highest BCUT2D eigenvalue weighted by molar-refractivity contribution is 7.93. The number of rotatable bonds is 4. The van der Waals surface area contributed by atoms with Crippen molar-refractivity contribution in [3.63, 3.8) is 0 Å². The van der Waals surface area contributed by atoms with Gasteiger partial charge in [0.15, 0.2) is 0 Å². The standard InChI is InChI=1S/C14H19F3N2O2S/c1-10(2)9-19-7-3-4-11-5-6-12(8-13(11)19)18-22(20,21)14(15,16)17/h5-6,8,10,18H,3-4,7,9H2,1-2H3. The van der Waals surface area contributed by atoms with Crippen LogP contribution in [0.3, 0.4) is 0 Å². The van der Waals surface area contributed by atoms with Crippen LogP contribution in [0.4, 0.5) is 24.5 Å². The van der Waals surface area contributed by atoms with Crippen molar-refractivity contribution in [1.29, 1.82) is 0 Å². The SMILES string of the molecule is CC(C)CN1CCCc2ccc(NS(=O)(=O)C(F)(F)F)cc21. The topological polar surface area (TPSA) is 49.4 Å². The summed E-state index contributed by atoms with van der Waals surface area (Å²) in [5, 5.41) is 0. The third-order valence-corrected chi connectivity index (χ3v) is 4.56. The Hall–Kier alpha value is -1.44. The van der Waals surface area contributed by atoms with Gasteiger partial charge in [0.1, 0.15) is 0 Å². The number of benzene rings is 1. The van der Waals surface area contributed by atoms with E-state index in [2.05, 4.69) is 18.7 Å². The summed E-state index contributed by atoms with van der Waals surface area (Å²) in [7, 11) is -5.39. The average molecular weight is 336 g/mol. The van der Waals surface area contributed by atoms with Gasteiger partial charge in [-0.2, -0.15) is 21.6 Å². The Morgan fingerprint density at radius 3 is 2.59 bits per heavy atom. The van der Waals surface area contributed by atoms with Gasteiger partial charge in [0, 0.05) is 18.8 Å². The molecule has 1 N–H and O–H groups in total. The maximum Gasteiger partial charge on any atom is 0.516 e. The van der Waals surface area contributed by atoms with E-state index < -0.39 is 15.5 Å². The Labute approximate surface area is 128 Å². The molecule has 1 aliphatic heterocycles. The highest BCUT2D eigenvalue weighted by Gasteiger charge is 2.46. The number of aryl methyl sites for hydroxylation is 1. The van der Waals surface area contributed by atoms with Gasteiger partial charge in [0.05, 0.1) is 5.69 Å². The Balaban J connectivity index is 2.30. The fourth-order valence-corrected chi connectivity index (χ4v) is 3.11. The molecule has 0 unspecified atom stereocenters. The molecule has 0 bridgehead atoms. The van der Waals surface area contributed by atoms with Crippen molar-refractivity contribution in [2.75, 3.05) is 22.7 Å². The van der Waals surface area contributed by atoms with Gasteiger partial charge in [0.2, 0.25) is 0 Å². The van der Waals surface area contributed by atoms with Gasteiger partial charge in [0.25, 0.3) is 0 Å². The Morgan fingerprint density at radius 2 is 2.00 bits per heavy atom. The fourth-order valence-electron chi connectivity index (χ4n) is 2.56. The molecule has 124 valence electrons. The molecule has 0 aliphatic carbocycles. The zero-order valence-corrected chi connectivity index (χ0v) is 13.3. The zero-order valence-electron chi connectivity index (χ0n) is 12.4. The van der Waals surface area contributed by atoms with Gasteiger partial charge >= 0.3 is 15.5 Å². The number of nitrogens with one attached hydrogen (secondary N) is 1. The summed E-state index contributed by atoms with van der Waals surface area (Å²) in [6, 6.07) is 4.55. The Bertz CT molecular complexity index is 642. The van der Waals surface area contributed by atoms with Crippen LogP contribution in [0, 0.1) is 5.92 Å². The van der Waals surface area contributed by atoms with E-state index in [1.165, 1.54) is 12.1 Å². The lowest BCUT2D eigenvalue weighted by Crippen LogP contribution is -2.33. The molecular formula is C14H19F3N2O2S. The molecule has 1 aromatic carbocycles. The van der Waals surface area contributed by atoms with E-state index >= 15 is 0 Å². The smallest absolute Gasteiger partial charge is 0.371 e. The van der Waals surface area contributed by atoms with Crippen LogP contribution in [0.5, 0.6) is 0 Å². The minimum absolute atomic E-state index is 0.0632. The molecule has 4 nitrogen and oxygen atoms in total. The normalized spacial score (nSPS) is 15.8. The van der Waals surface area contributed by atoms with Gasteiger partial charge in [-0.25, -0.2) is 0 Å². The lowest BCUT2D eigenvalue weighted by atomic mass is 10.00. The molecule has 22 heavy (non-hydrogen) atoms. The van der Waals surface area contributed by atoms with Crippen molar-refractivity contribution in [1.82, 2.24) is 0 Å². The van der Waals surface area contributed by atoms with Crippen LogP contribution in [-0.4, -0.2) is 27.0 Å². The van der Waals surface area contributed by atoms with E-state index in [-0.39, 0.29) is 5.69 Å². The predicted octanol–water partition coefficient (Wildman–Crippen LogP) is 3.36. The average Bonchev–Trinajstić information content (AvgIpc) is 2.37. The van der Waals surface area contributed by atoms with Gasteiger partial charge < -0.3 is 4.90 Å². The maximum atomic E-state index is 12.4. The van der Waals surface area contributed by atoms with E-state index in [1.54, 1.807) is 10.8 Å². The second-order valence-electron chi connectivity index (χ2n) is 5.84. The van der Waals surface area contributed by atoms with Crippen LogP contribution < -0.4 is 9.62 Å². The van der Waals surface area contributed by atoms with E-state index in [4.69, 9.17) is 0 Å². The van der Waals surface area contributed by atoms with Crippen molar-refractivity contribution in [3.05, 3.63) is 23.8 Å². The molecule has 0 amide bonds. The van der Waals surface area contributed by atoms with Crippen molar-refractivity contribution in [2.45, 2.75) is 32.2 Å². The highest BCUT2D eigenvalue weighted by Crippen LogP contribution is 2.32. The van der Waals surface area contributed by atoms with E-state index in [1.807, 2.05) is 0 Å². The summed E-state index contributed by atoms with van der Waals surface area (Å²) in [6.45, 7) is 5.72. The van der Waals surface area contributed by atoms with Gasteiger partial charge in [-0.15, -0.1) is 0 Å². The molecule has 0 atom stereocenters. The number of anilines is 2. The molecule has 0 saturated heterocycles. The van der Waals surface area contributed by atoms with Crippen molar-refractivity contribution < 1.29 is 21.6 Å². The number of nitrogens with zero attached hydrogens (tertiary/aromatic N) is 1. The zero-order chi connectivity index (χ0) is 16.5. The lowest BCUT2D eigenvalue weighted by Gasteiger charge is -2.33. The second kappa shape index (κ2) is 5.98. The maximum absolute atomic E-state index is 12.4. The molecule has 1 heterocycles. The number of hydrogen-bond acceptors (Lipinski definition) is 3. The Morgan fingerprint density at radius 1 is 1.32 bits per heavy atom. The first-order chi connectivity index (χ1) is 10.1. The molecule has 0 radical (unpaired) electrons. The van der Waals surface area contributed by atoms with Crippen LogP contribution in [-0.2, 0) is 16.4 Å². The van der Waals surface area contributed by atoms with E-state index in [9.17, 15) is 21.6 Å². The van der Waals surface area contributed by atoms with Crippen LogP contribution in [0.1, 0.15) is 25.8 Å². The third kappa shape index (κ3) is 3.66. The monoisotopic (exact) mass is 336 g/mol. The molecule has 1 aliphatic rings. The molecule has 8 heteroatoms. The molecule has 1 aromatic rings. The number of sulfonamides is 1. The number of fused-ring (bicyclic) bond motifs is 1. The van der Waals surface area contributed by atoms with Crippen LogP contribution in [0.25, 0.3) is 0 Å². The number of halogens is 3. The van der Waals surface area contributed by atoms with Gasteiger partial charge in [-0.05, 0) is 36.5 Å². The first-order valence-corrected chi connectivity index (χ1v) is 8.55. The second-order valence-corrected chi connectivity index (χ2v) is 7.51. The van der Waals surface area contributed by atoms with Crippen LogP contribution in [0.2, 0.25) is 0 Å². The molecule has 0 fully saturated rings.